The van der Waals surface area contributed by atoms with Crippen molar-refractivity contribution >= 4 is 35.1 Å². The Hall–Kier alpha value is -2.09. The Morgan fingerprint density at radius 3 is 2.76 bits per heavy atom. The Labute approximate surface area is 179 Å². The Balaban J connectivity index is 1.39. The normalized spacial score (nSPS) is 21.8. The summed E-state index contributed by atoms with van der Waals surface area (Å²) < 4.78 is 1.25. The fourth-order valence-corrected chi connectivity index (χ4v) is 4.70. The van der Waals surface area contributed by atoms with E-state index in [2.05, 4.69) is 15.3 Å². The monoisotopic (exact) mass is 435 g/mol. The molecule has 2 aromatic rings. The number of likely N-dealkylation sites (tertiary alicyclic amines) is 2. The first kappa shape index (κ1) is 20.2. The van der Waals surface area contributed by atoms with Crippen LogP contribution in [0.4, 0.5) is 4.79 Å². The Morgan fingerprint density at radius 1 is 1.17 bits per heavy atom. The molecule has 2 aliphatic heterocycles. The first-order chi connectivity index (χ1) is 13.9. The number of carbonyl (C=O) groups is 2. The van der Waals surface area contributed by atoms with E-state index in [4.69, 9.17) is 23.2 Å². The third-order valence-electron chi connectivity index (χ3n) is 5.87. The summed E-state index contributed by atoms with van der Waals surface area (Å²) in [6.45, 7) is 4.03. The van der Waals surface area contributed by atoms with Crippen LogP contribution >= 0.6 is 23.2 Å². The molecular formula is C20H23Cl2N5O2. The van der Waals surface area contributed by atoms with E-state index >= 15 is 0 Å². The second-order valence-electron chi connectivity index (χ2n) is 7.88. The number of nitrogens with one attached hydrogen (secondary N) is 1. The molecule has 2 amide bonds. The molecule has 154 valence electrons. The van der Waals surface area contributed by atoms with Crippen LogP contribution < -0.4 is 5.32 Å². The molecule has 1 aromatic carbocycles. The van der Waals surface area contributed by atoms with Crippen LogP contribution in [0.25, 0.3) is 0 Å². The largest absolute Gasteiger partial charge is 0.354 e. The van der Waals surface area contributed by atoms with Crippen molar-refractivity contribution in [3.63, 3.8) is 0 Å². The Morgan fingerprint density at radius 2 is 1.97 bits per heavy atom. The van der Waals surface area contributed by atoms with E-state index in [0.717, 1.165) is 43.1 Å². The number of hydrogen-bond donors (Lipinski definition) is 1. The van der Waals surface area contributed by atoms with Gasteiger partial charge in [-0.25, -0.2) is 4.79 Å². The third kappa shape index (κ3) is 4.13. The SMILES string of the molecule is CNC(=O)c1ccn(C(=O)N2CCC3(CCN(Cc4cc(Cl)ccc4Cl)C3)C2)n1. The van der Waals surface area contributed by atoms with Gasteiger partial charge in [-0.05, 0) is 49.2 Å². The molecule has 29 heavy (non-hydrogen) atoms. The highest BCUT2D eigenvalue weighted by Gasteiger charge is 2.45. The molecule has 2 aliphatic rings. The predicted molar refractivity (Wildman–Crippen MR) is 111 cm³/mol. The van der Waals surface area contributed by atoms with Gasteiger partial charge in [0.15, 0.2) is 5.69 Å². The van der Waals surface area contributed by atoms with E-state index in [9.17, 15) is 9.59 Å². The van der Waals surface area contributed by atoms with Gasteiger partial charge in [0.05, 0.1) is 0 Å². The van der Waals surface area contributed by atoms with Gasteiger partial charge in [-0.1, -0.05) is 23.2 Å². The lowest BCUT2D eigenvalue weighted by molar-refractivity contribution is 0.0957. The van der Waals surface area contributed by atoms with Crippen LogP contribution in [0.2, 0.25) is 10.0 Å². The lowest BCUT2D eigenvalue weighted by Gasteiger charge is -2.25. The molecule has 0 saturated carbocycles. The van der Waals surface area contributed by atoms with Crippen molar-refractivity contribution in [1.29, 1.82) is 0 Å². The fourth-order valence-electron chi connectivity index (χ4n) is 4.32. The predicted octanol–water partition coefficient (Wildman–Crippen LogP) is 3.12. The molecule has 0 aliphatic carbocycles. The van der Waals surface area contributed by atoms with Gasteiger partial charge in [0.2, 0.25) is 0 Å². The number of halogens is 2. The van der Waals surface area contributed by atoms with Crippen molar-refractivity contribution in [3.05, 3.63) is 51.8 Å². The molecule has 4 rings (SSSR count). The molecule has 0 bridgehead atoms. The van der Waals surface area contributed by atoms with Gasteiger partial charge in [-0.2, -0.15) is 9.78 Å². The zero-order valence-corrected chi connectivity index (χ0v) is 17.7. The van der Waals surface area contributed by atoms with Crippen molar-refractivity contribution in [1.82, 2.24) is 24.9 Å². The van der Waals surface area contributed by atoms with E-state index in [1.165, 1.54) is 11.7 Å². The maximum atomic E-state index is 12.8. The van der Waals surface area contributed by atoms with Crippen LogP contribution in [0, 0.1) is 5.41 Å². The summed E-state index contributed by atoms with van der Waals surface area (Å²) in [5.74, 6) is -0.305. The van der Waals surface area contributed by atoms with Gasteiger partial charge in [0.25, 0.3) is 5.91 Å². The summed E-state index contributed by atoms with van der Waals surface area (Å²) >= 11 is 12.4. The van der Waals surface area contributed by atoms with E-state index in [-0.39, 0.29) is 23.0 Å². The second kappa shape index (κ2) is 7.97. The van der Waals surface area contributed by atoms with Gasteiger partial charge in [0.1, 0.15) is 0 Å². The molecule has 1 N–H and O–H groups in total. The van der Waals surface area contributed by atoms with Crippen molar-refractivity contribution in [2.45, 2.75) is 19.4 Å². The average molecular weight is 436 g/mol. The summed E-state index contributed by atoms with van der Waals surface area (Å²) in [6.07, 6.45) is 3.54. The van der Waals surface area contributed by atoms with E-state index in [1.54, 1.807) is 18.3 Å². The smallest absolute Gasteiger partial charge is 0.344 e. The summed E-state index contributed by atoms with van der Waals surface area (Å²) in [5, 5.41) is 8.03. The number of benzene rings is 1. The van der Waals surface area contributed by atoms with Crippen LogP contribution in [-0.4, -0.2) is 64.7 Å². The topological polar surface area (TPSA) is 70.5 Å². The molecule has 1 atom stereocenters. The number of carbonyl (C=O) groups excluding carboxylic acids is 2. The molecule has 7 nitrogen and oxygen atoms in total. The first-order valence-electron chi connectivity index (χ1n) is 9.62. The molecule has 2 saturated heterocycles. The van der Waals surface area contributed by atoms with E-state index in [0.29, 0.717) is 18.1 Å². The second-order valence-corrected chi connectivity index (χ2v) is 8.72. The first-order valence-corrected chi connectivity index (χ1v) is 10.4. The standard InChI is InChI=1S/C20H23Cl2N5O2/c1-23-18(28)17-4-7-27(24-17)19(29)26-9-6-20(13-26)5-8-25(12-20)11-14-10-15(21)2-3-16(14)22/h2-4,7,10H,5-6,8-9,11-13H2,1H3,(H,23,28). The maximum Gasteiger partial charge on any atom is 0.344 e. The maximum absolute atomic E-state index is 12.8. The average Bonchev–Trinajstić information content (AvgIpc) is 3.44. The van der Waals surface area contributed by atoms with Crippen LogP contribution in [0.5, 0.6) is 0 Å². The molecule has 0 radical (unpaired) electrons. The molecule has 1 aromatic heterocycles. The van der Waals surface area contributed by atoms with Crippen molar-refractivity contribution in [2.75, 3.05) is 33.2 Å². The number of aromatic nitrogens is 2. The Bertz CT molecular complexity index is 947. The molecule has 1 spiro atoms. The lowest BCUT2D eigenvalue weighted by Crippen LogP contribution is -2.36. The summed E-state index contributed by atoms with van der Waals surface area (Å²) in [5.41, 5.74) is 1.36. The van der Waals surface area contributed by atoms with Crippen LogP contribution in [0.1, 0.15) is 28.9 Å². The fraction of sp³-hybridized carbons (Fsp3) is 0.450. The van der Waals surface area contributed by atoms with Gasteiger partial charge in [-0.3, -0.25) is 9.69 Å². The van der Waals surface area contributed by atoms with Crippen LogP contribution in [-0.2, 0) is 6.54 Å². The molecule has 3 heterocycles. The third-order valence-corrected chi connectivity index (χ3v) is 6.48. The Kier molecular flexibility index (Phi) is 5.55. The number of nitrogens with zero attached hydrogens (tertiary/aromatic N) is 4. The molecule has 2 fully saturated rings. The highest BCUT2D eigenvalue weighted by Crippen LogP contribution is 2.40. The van der Waals surface area contributed by atoms with Crippen LogP contribution in [0.3, 0.4) is 0 Å². The lowest BCUT2D eigenvalue weighted by atomic mass is 9.86. The van der Waals surface area contributed by atoms with Gasteiger partial charge >= 0.3 is 6.03 Å². The molecule has 9 heteroatoms. The summed E-state index contributed by atoms with van der Waals surface area (Å²) in [6, 6.07) is 6.91. The minimum atomic E-state index is -0.305. The minimum absolute atomic E-state index is 0.0947. The highest BCUT2D eigenvalue weighted by molar-refractivity contribution is 6.33. The zero-order chi connectivity index (χ0) is 20.6. The number of rotatable bonds is 3. The van der Waals surface area contributed by atoms with Gasteiger partial charge in [0, 0.05) is 54.9 Å². The van der Waals surface area contributed by atoms with Crippen LogP contribution in [0.15, 0.2) is 30.5 Å². The number of amides is 2. The molecular weight excluding hydrogens is 413 g/mol. The van der Waals surface area contributed by atoms with Crippen molar-refractivity contribution < 1.29 is 9.59 Å². The summed E-state index contributed by atoms with van der Waals surface area (Å²) in [7, 11) is 1.54. The highest BCUT2D eigenvalue weighted by atomic mass is 35.5. The van der Waals surface area contributed by atoms with Gasteiger partial charge in [-0.15, -0.1) is 0 Å². The van der Waals surface area contributed by atoms with Crippen molar-refractivity contribution in [2.24, 2.45) is 5.41 Å². The minimum Gasteiger partial charge on any atom is -0.354 e. The quantitative estimate of drug-likeness (QED) is 0.803. The van der Waals surface area contributed by atoms with Gasteiger partial charge < -0.3 is 10.2 Å². The van der Waals surface area contributed by atoms with E-state index < -0.39 is 0 Å². The van der Waals surface area contributed by atoms with Crippen molar-refractivity contribution in [3.8, 4) is 0 Å². The molecule has 1 unspecified atom stereocenters. The van der Waals surface area contributed by atoms with E-state index in [1.807, 2.05) is 17.0 Å². The summed E-state index contributed by atoms with van der Waals surface area (Å²) in [4.78, 5) is 28.7. The zero-order valence-electron chi connectivity index (χ0n) is 16.2. The number of hydrogen-bond acceptors (Lipinski definition) is 4.